The molecule has 0 aliphatic rings. The molecule has 4 aromatic rings. The summed E-state index contributed by atoms with van der Waals surface area (Å²) in [5.74, 6) is -0.289. The number of nitrogens with zero attached hydrogens (tertiary/aromatic N) is 2. The molecular formula is C36H41N3O6S. The maximum atomic E-state index is 14.6. The lowest BCUT2D eigenvalue weighted by Crippen LogP contribution is -2.54. The summed E-state index contributed by atoms with van der Waals surface area (Å²) in [4.78, 5) is 29.9. The Labute approximate surface area is 271 Å². The third-order valence-electron chi connectivity index (χ3n) is 7.44. The highest BCUT2D eigenvalue weighted by Crippen LogP contribution is 2.36. The summed E-state index contributed by atoms with van der Waals surface area (Å²) in [5.41, 5.74) is 2.83. The van der Waals surface area contributed by atoms with E-state index >= 15 is 0 Å². The van der Waals surface area contributed by atoms with Gasteiger partial charge in [-0.3, -0.25) is 13.9 Å². The Morgan fingerprint density at radius 1 is 0.804 bits per heavy atom. The highest BCUT2D eigenvalue weighted by Gasteiger charge is 2.36. The molecule has 1 N–H and O–H groups in total. The van der Waals surface area contributed by atoms with Gasteiger partial charge >= 0.3 is 0 Å². The Kier molecular flexibility index (Phi) is 11.4. The van der Waals surface area contributed by atoms with Gasteiger partial charge in [0, 0.05) is 25.1 Å². The zero-order chi connectivity index (χ0) is 33.3. The molecule has 10 heteroatoms. The standard InChI is InChI=1S/C36H41N3O6S/c1-26(2)37-36(41)33(22-28-12-8-6-9-13-28)38(24-29-18-16-27(3)17-19-29)35(40)25-39(46(42,43)31-14-10-7-11-15-31)32-23-30(44-4)20-21-34(32)45-5/h6-21,23,26,33H,22,24-25H2,1-5H3,(H,37,41)/t33-/m0/s1. The van der Waals surface area contributed by atoms with Gasteiger partial charge in [-0.2, -0.15) is 0 Å². The van der Waals surface area contributed by atoms with E-state index in [1.807, 2.05) is 75.4 Å². The van der Waals surface area contributed by atoms with E-state index in [2.05, 4.69) is 5.32 Å². The molecule has 0 bridgehead atoms. The fourth-order valence-electron chi connectivity index (χ4n) is 5.05. The summed E-state index contributed by atoms with van der Waals surface area (Å²) in [7, 11) is -1.40. The van der Waals surface area contributed by atoms with Crippen LogP contribution in [0.2, 0.25) is 0 Å². The van der Waals surface area contributed by atoms with Crippen molar-refractivity contribution in [1.29, 1.82) is 0 Å². The molecule has 4 rings (SSSR count). The molecule has 0 spiro atoms. The first kappa shape index (κ1) is 34.1. The molecule has 0 fully saturated rings. The predicted molar refractivity (Wildman–Crippen MR) is 179 cm³/mol. The van der Waals surface area contributed by atoms with Crippen LogP contribution in [0.15, 0.2) is 108 Å². The lowest BCUT2D eigenvalue weighted by atomic mass is 10.0. The number of hydrogen-bond donors (Lipinski definition) is 1. The molecule has 0 radical (unpaired) electrons. The van der Waals surface area contributed by atoms with Gasteiger partial charge in [0.1, 0.15) is 24.1 Å². The van der Waals surface area contributed by atoms with Crippen LogP contribution in [0.1, 0.15) is 30.5 Å². The monoisotopic (exact) mass is 643 g/mol. The minimum atomic E-state index is -4.29. The molecule has 4 aromatic carbocycles. The smallest absolute Gasteiger partial charge is 0.264 e. The summed E-state index contributed by atoms with van der Waals surface area (Å²) in [6.07, 6.45) is 0.227. The van der Waals surface area contributed by atoms with E-state index in [1.165, 1.54) is 37.3 Å². The van der Waals surface area contributed by atoms with Gasteiger partial charge in [0.2, 0.25) is 11.8 Å². The fraction of sp³-hybridized carbons (Fsp3) is 0.278. The van der Waals surface area contributed by atoms with Crippen molar-refractivity contribution in [3.05, 3.63) is 120 Å². The molecule has 2 amide bonds. The van der Waals surface area contributed by atoms with Crippen molar-refractivity contribution < 1.29 is 27.5 Å². The molecule has 0 aliphatic heterocycles. The van der Waals surface area contributed by atoms with Gasteiger partial charge in [-0.1, -0.05) is 78.4 Å². The van der Waals surface area contributed by atoms with Gasteiger partial charge in [-0.15, -0.1) is 0 Å². The number of anilines is 1. The zero-order valence-corrected chi connectivity index (χ0v) is 27.7. The lowest BCUT2D eigenvalue weighted by Gasteiger charge is -2.34. The number of rotatable bonds is 14. The first-order chi connectivity index (χ1) is 22.0. The summed E-state index contributed by atoms with van der Waals surface area (Å²) >= 11 is 0. The van der Waals surface area contributed by atoms with Crippen molar-refractivity contribution in [2.75, 3.05) is 25.1 Å². The quantitative estimate of drug-likeness (QED) is 0.198. The van der Waals surface area contributed by atoms with Gasteiger partial charge in [-0.05, 0) is 56.2 Å². The van der Waals surface area contributed by atoms with E-state index in [4.69, 9.17) is 9.47 Å². The molecule has 0 unspecified atom stereocenters. The Morgan fingerprint density at radius 3 is 2.02 bits per heavy atom. The SMILES string of the molecule is COc1ccc(OC)c(N(CC(=O)N(Cc2ccc(C)cc2)[C@@H](Cc2ccccc2)C(=O)NC(C)C)S(=O)(=O)c2ccccc2)c1. The fourth-order valence-corrected chi connectivity index (χ4v) is 6.49. The number of methoxy groups -OCH3 is 2. The minimum Gasteiger partial charge on any atom is -0.497 e. The first-order valence-electron chi connectivity index (χ1n) is 15.0. The average molecular weight is 644 g/mol. The van der Waals surface area contributed by atoms with Gasteiger partial charge in [0.15, 0.2) is 0 Å². The van der Waals surface area contributed by atoms with Crippen LogP contribution in [0, 0.1) is 6.92 Å². The Bertz CT molecular complexity index is 1710. The van der Waals surface area contributed by atoms with E-state index in [1.54, 1.807) is 30.3 Å². The molecule has 0 aromatic heterocycles. The second-order valence-electron chi connectivity index (χ2n) is 11.2. The predicted octanol–water partition coefficient (Wildman–Crippen LogP) is 5.37. The molecule has 9 nitrogen and oxygen atoms in total. The molecule has 0 aliphatic carbocycles. The summed E-state index contributed by atoms with van der Waals surface area (Å²) in [6.45, 7) is 5.15. The van der Waals surface area contributed by atoms with Crippen LogP contribution in [-0.4, -0.2) is 58.0 Å². The van der Waals surface area contributed by atoms with Crippen molar-refractivity contribution in [2.24, 2.45) is 0 Å². The van der Waals surface area contributed by atoms with Crippen LogP contribution in [0.25, 0.3) is 0 Å². The van der Waals surface area contributed by atoms with E-state index in [0.29, 0.717) is 5.75 Å². The van der Waals surface area contributed by atoms with Crippen LogP contribution in [0.3, 0.4) is 0 Å². The number of nitrogens with one attached hydrogen (secondary N) is 1. The van der Waals surface area contributed by atoms with E-state index < -0.39 is 28.5 Å². The number of ether oxygens (including phenoxy) is 2. The van der Waals surface area contributed by atoms with Crippen LogP contribution >= 0.6 is 0 Å². The second-order valence-corrected chi connectivity index (χ2v) is 13.1. The molecular weight excluding hydrogens is 602 g/mol. The molecule has 0 saturated heterocycles. The maximum Gasteiger partial charge on any atom is 0.264 e. The van der Waals surface area contributed by atoms with Crippen LogP contribution in [-0.2, 0) is 32.6 Å². The van der Waals surface area contributed by atoms with Gasteiger partial charge in [0.25, 0.3) is 10.0 Å². The third-order valence-corrected chi connectivity index (χ3v) is 9.21. The Morgan fingerprint density at radius 2 is 1.43 bits per heavy atom. The number of carbonyl (C=O) groups is 2. The van der Waals surface area contributed by atoms with Crippen molar-refractivity contribution in [2.45, 2.75) is 50.7 Å². The molecule has 0 heterocycles. The Balaban J connectivity index is 1.86. The van der Waals surface area contributed by atoms with Crippen molar-refractivity contribution >= 4 is 27.5 Å². The van der Waals surface area contributed by atoms with Crippen molar-refractivity contribution in [1.82, 2.24) is 10.2 Å². The number of aryl methyl sites for hydroxylation is 1. The van der Waals surface area contributed by atoms with Gasteiger partial charge in [-0.25, -0.2) is 8.42 Å². The number of benzene rings is 4. The van der Waals surface area contributed by atoms with Gasteiger partial charge < -0.3 is 19.7 Å². The first-order valence-corrected chi connectivity index (χ1v) is 16.5. The third kappa shape index (κ3) is 8.45. The molecule has 242 valence electrons. The lowest BCUT2D eigenvalue weighted by molar-refractivity contribution is -0.140. The second kappa shape index (κ2) is 15.4. The van der Waals surface area contributed by atoms with E-state index in [-0.39, 0.29) is 41.2 Å². The summed E-state index contributed by atoms with van der Waals surface area (Å²) < 4.78 is 40.5. The van der Waals surface area contributed by atoms with Crippen LogP contribution in [0.5, 0.6) is 11.5 Å². The number of hydrogen-bond acceptors (Lipinski definition) is 6. The summed E-state index contributed by atoms with van der Waals surface area (Å²) in [5, 5.41) is 2.97. The topological polar surface area (TPSA) is 105 Å². The molecule has 1 atom stereocenters. The minimum absolute atomic E-state index is 0.00357. The Hall–Kier alpha value is -4.83. The number of carbonyl (C=O) groups excluding carboxylic acids is 2. The summed E-state index contributed by atoms with van der Waals surface area (Å²) in [6, 6.07) is 28.6. The highest BCUT2D eigenvalue weighted by molar-refractivity contribution is 7.92. The largest absolute Gasteiger partial charge is 0.497 e. The van der Waals surface area contributed by atoms with E-state index in [0.717, 1.165) is 21.0 Å². The van der Waals surface area contributed by atoms with E-state index in [9.17, 15) is 18.0 Å². The van der Waals surface area contributed by atoms with Crippen LogP contribution < -0.4 is 19.1 Å². The highest BCUT2D eigenvalue weighted by atomic mass is 32.2. The maximum absolute atomic E-state index is 14.6. The van der Waals surface area contributed by atoms with Crippen molar-refractivity contribution in [3.8, 4) is 11.5 Å². The zero-order valence-electron chi connectivity index (χ0n) is 26.8. The number of sulfonamides is 1. The van der Waals surface area contributed by atoms with Crippen LogP contribution in [0.4, 0.5) is 5.69 Å². The van der Waals surface area contributed by atoms with Gasteiger partial charge in [0.05, 0.1) is 24.8 Å². The molecule has 46 heavy (non-hydrogen) atoms. The number of amides is 2. The molecule has 0 saturated carbocycles. The average Bonchev–Trinajstić information content (AvgIpc) is 3.06. The normalized spacial score (nSPS) is 11.9. The van der Waals surface area contributed by atoms with Crippen molar-refractivity contribution in [3.63, 3.8) is 0 Å².